The fraction of sp³-hybridized carbons (Fsp3) is 0.800. The van der Waals surface area contributed by atoms with Crippen LogP contribution in [0.3, 0.4) is 0 Å². The van der Waals surface area contributed by atoms with Crippen molar-refractivity contribution in [2.24, 2.45) is 22.7 Å². The third-order valence-corrected chi connectivity index (χ3v) is 8.83. The number of rotatable bonds is 2. The molecule has 7 atom stereocenters. The minimum atomic E-state index is -1.70. The highest BCUT2D eigenvalue weighted by atomic mass is 16.7. The SMILES string of the molecule is CC1=CC(=O)O[C@@]1(O)/C=C/[C@]1(C)CC[C@@H]2[C@@]3(C)CCCC(C)(C)[C@@H]3[C@@H](O)C[C@@]2(C)O1. The lowest BCUT2D eigenvalue weighted by Gasteiger charge is -2.66. The number of ether oxygens (including phenoxy) is 2. The lowest BCUT2D eigenvalue weighted by Crippen LogP contribution is -2.66. The maximum atomic E-state index is 11.5. The van der Waals surface area contributed by atoms with Gasteiger partial charge in [0.2, 0.25) is 0 Å². The standard InChI is InChI=1S/C25H38O5/c1-16-14-19(27)29-25(16,28)13-12-22(4)11-8-18-23(5)10-7-9-21(2,3)20(23)17(26)15-24(18,6)30-22/h12-14,17-18,20,26,28H,7-11,15H2,1-6H3/b13-12+/t17-,18+,20-,22-,23+,24+,25-/m0/s1. The summed E-state index contributed by atoms with van der Waals surface area (Å²) in [5.74, 6) is -1.56. The van der Waals surface area contributed by atoms with Gasteiger partial charge in [-0.15, -0.1) is 0 Å². The first-order chi connectivity index (χ1) is 13.7. The van der Waals surface area contributed by atoms with Gasteiger partial charge in [0.1, 0.15) is 0 Å². The summed E-state index contributed by atoms with van der Waals surface area (Å²) in [6.45, 7) is 12.9. The minimum absolute atomic E-state index is 0.0533. The molecule has 0 unspecified atom stereocenters. The molecule has 0 aromatic rings. The average molecular weight is 419 g/mol. The van der Waals surface area contributed by atoms with Crippen molar-refractivity contribution in [3.05, 3.63) is 23.8 Å². The summed E-state index contributed by atoms with van der Waals surface area (Å²) in [5, 5.41) is 22.0. The summed E-state index contributed by atoms with van der Waals surface area (Å²) in [6, 6.07) is 0. The predicted molar refractivity (Wildman–Crippen MR) is 114 cm³/mol. The summed E-state index contributed by atoms with van der Waals surface area (Å²) in [7, 11) is 0. The average Bonchev–Trinajstić information content (AvgIpc) is 2.83. The predicted octanol–water partition coefficient (Wildman–Crippen LogP) is 4.28. The Morgan fingerprint density at radius 1 is 1.10 bits per heavy atom. The Morgan fingerprint density at radius 3 is 2.43 bits per heavy atom. The van der Waals surface area contributed by atoms with Gasteiger partial charge in [-0.2, -0.15) is 0 Å². The molecule has 5 nitrogen and oxygen atoms in total. The molecule has 0 amide bonds. The minimum Gasteiger partial charge on any atom is -0.422 e. The second-order valence-corrected chi connectivity index (χ2v) is 11.7. The smallest absolute Gasteiger partial charge is 0.333 e. The molecule has 2 aliphatic heterocycles. The van der Waals surface area contributed by atoms with Crippen LogP contribution in [0.25, 0.3) is 0 Å². The molecule has 2 N–H and O–H groups in total. The molecule has 2 heterocycles. The van der Waals surface area contributed by atoms with E-state index in [9.17, 15) is 15.0 Å². The number of carbonyl (C=O) groups is 1. The first-order valence-corrected chi connectivity index (χ1v) is 11.5. The Morgan fingerprint density at radius 2 is 1.80 bits per heavy atom. The van der Waals surface area contributed by atoms with Crippen molar-refractivity contribution < 1.29 is 24.5 Å². The first-order valence-electron chi connectivity index (χ1n) is 11.5. The van der Waals surface area contributed by atoms with Gasteiger partial charge in [-0.1, -0.05) is 33.3 Å². The third-order valence-electron chi connectivity index (χ3n) is 8.83. The van der Waals surface area contributed by atoms with E-state index in [1.54, 1.807) is 13.0 Å². The summed E-state index contributed by atoms with van der Waals surface area (Å²) >= 11 is 0. The molecule has 5 heteroatoms. The number of hydrogen-bond donors (Lipinski definition) is 2. The van der Waals surface area contributed by atoms with E-state index in [0.29, 0.717) is 17.9 Å². The maximum Gasteiger partial charge on any atom is 0.333 e. The molecule has 3 fully saturated rings. The van der Waals surface area contributed by atoms with Crippen LogP contribution in [0.15, 0.2) is 23.8 Å². The molecular weight excluding hydrogens is 380 g/mol. The number of fused-ring (bicyclic) bond motifs is 3. The van der Waals surface area contributed by atoms with Crippen LogP contribution in [-0.4, -0.2) is 39.3 Å². The number of hydrogen-bond acceptors (Lipinski definition) is 5. The molecule has 2 saturated carbocycles. The highest BCUT2D eigenvalue weighted by Gasteiger charge is 2.64. The van der Waals surface area contributed by atoms with Gasteiger partial charge in [-0.3, -0.25) is 0 Å². The maximum absolute atomic E-state index is 11.5. The van der Waals surface area contributed by atoms with E-state index < -0.39 is 23.0 Å². The van der Waals surface area contributed by atoms with Crippen molar-refractivity contribution in [1.82, 2.24) is 0 Å². The van der Waals surface area contributed by atoms with Crippen LogP contribution in [0, 0.1) is 22.7 Å². The second kappa shape index (κ2) is 6.66. The summed E-state index contributed by atoms with van der Waals surface area (Å²) in [6.07, 6.45) is 10.3. The molecular formula is C25H38O5. The zero-order valence-electron chi connectivity index (χ0n) is 19.3. The Balaban J connectivity index is 1.60. The summed E-state index contributed by atoms with van der Waals surface area (Å²) in [5.41, 5.74) is -0.371. The number of aliphatic hydroxyl groups is 2. The van der Waals surface area contributed by atoms with E-state index in [1.807, 2.05) is 13.0 Å². The molecule has 0 aromatic heterocycles. The van der Waals surface area contributed by atoms with Crippen molar-refractivity contribution in [2.45, 2.75) is 103 Å². The van der Waals surface area contributed by atoms with Crippen LogP contribution >= 0.6 is 0 Å². The molecule has 0 radical (unpaired) electrons. The molecule has 2 aliphatic carbocycles. The number of cyclic esters (lactones) is 1. The van der Waals surface area contributed by atoms with E-state index in [1.165, 1.54) is 18.9 Å². The van der Waals surface area contributed by atoms with Crippen LogP contribution in [-0.2, 0) is 14.3 Å². The normalized spacial score (nSPS) is 50.6. The molecule has 168 valence electrons. The Hall–Kier alpha value is -1.17. The zero-order valence-corrected chi connectivity index (χ0v) is 19.3. The number of esters is 1. The highest BCUT2D eigenvalue weighted by Crippen LogP contribution is 2.65. The molecule has 0 aromatic carbocycles. The van der Waals surface area contributed by atoms with E-state index >= 15 is 0 Å². The summed E-state index contributed by atoms with van der Waals surface area (Å²) < 4.78 is 11.9. The van der Waals surface area contributed by atoms with Gasteiger partial charge in [-0.05, 0) is 75.2 Å². The highest BCUT2D eigenvalue weighted by molar-refractivity contribution is 5.86. The van der Waals surface area contributed by atoms with Gasteiger partial charge in [0.25, 0.3) is 5.79 Å². The monoisotopic (exact) mass is 418 g/mol. The summed E-state index contributed by atoms with van der Waals surface area (Å²) in [4.78, 5) is 11.5. The number of aliphatic hydroxyl groups excluding tert-OH is 1. The van der Waals surface area contributed by atoms with Gasteiger partial charge in [0, 0.05) is 18.1 Å². The quantitative estimate of drug-likeness (QED) is 0.517. The fourth-order valence-electron chi connectivity index (χ4n) is 7.73. The van der Waals surface area contributed by atoms with E-state index in [2.05, 4.69) is 27.7 Å². The van der Waals surface area contributed by atoms with Gasteiger partial charge in [0.15, 0.2) is 0 Å². The lowest BCUT2D eigenvalue weighted by molar-refractivity contribution is -0.277. The van der Waals surface area contributed by atoms with Gasteiger partial charge in [-0.25, -0.2) is 4.79 Å². The third kappa shape index (κ3) is 3.28. The van der Waals surface area contributed by atoms with Gasteiger partial charge < -0.3 is 19.7 Å². The van der Waals surface area contributed by atoms with Crippen LogP contribution < -0.4 is 0 Å². The van der Waals surface area contributed by atoms with Crippen LogP contribution in [0.2, 0.25) is 0 Å². The first kappa shape index (κ1) is 22.0. The number of carbonyl (C=O) groups excluding carboxylic acids is 1. The van der Waals surface area contributed by atoms with E-state index in [-0.39, 0.29) is 22.9 Å². The van der Waals surface area contributed by atoms with Crippen LogP contribution in [0.4, 0.5) is 0 Å². The molecule has 4 rings (SSSR count). The van der Waals surface area contributed by atoms with Crippen molar-refractivity contribution in [1.29, 1.82) is 0 Å². The molecule has 0 spiro atoms. The molecule has 0 bridgehead atoms. The van der Waals surface area contributed by atoms with Crippen LogP contribution in [0.1, 0.15) is 80.1 Å². The molecule has 4 aliphatic rings. The lowest BCUT2D eigenvalue weighted by atomic mass is 9.43. The second-order valence-electron chi connectivity index (χ2n) is 11.7. The largest absolute Gasteiger partial charge is 0.422 e. The van der Waals surface area contributed by atoms with E-state index in [0.717, 1.165) is 19.3 Å². The Bertz CT molecular complexity index is 799. The van der Waals surface area contributed by atoms with Crippen molar-refractivity contribution in [3.63, 3.8) is 0 Å². The Labute approximate surface area is 180 Å². The van der Waals surface area contributed by atoms with Crippen molar-refractivity contribution in [2.75, 3.05) is 0 Å². The molecule has 30 heavy (non-hydrogen) atoms. The van der Waals surface area contributed by atoms with Crippen LogP contribution in [0.5, 0.6) is 0 Å². The molecule has 1 saturated heterocycles. The Kier molecular flexibility index (Phi) is 4.90. The van der Waals surface area contributed by atoms with Crippen molar-refractivity contribution in [3.8, 4) is 0 Å². The topological polar surface area (TPSA) is 76.0 Å². The van der Waals surface area contributed by atoms with Gasteiger partial charge >= 0.3 is 5.97 Å². The fourth-order valence-corrected chi connectivity index (χ4v) is 7.73. The van der Waals surface area contributed by atoms with Crippen molar-refractivity contribution >= 4 is 5.97 Å². The van der Waals surface area contributed by atoms with Gasteiger partial charge in [0.05, 0.1) is 17.3 Å². The van der Waals surface area contributed by atoms with E-state index in [4.69, 9.17) is 9.47 Å². The zero-order chi connectivity index (χ0) is 22.2.